The van der Waals surface area contributed by atoms with Crippen LogP contribution in [0.1, 0.15) is 32.8 Å². The first-order valence-electron chi connectivity index (χ1n) is 10.7. The van der Waals surface area contributed by atoms with Crippen molar-refractivity contribution in [1.82, 2.24) is 4.90 Å². The van der Waals surface area contributed by atoms with Crippen molar-refractivity contribution < 1.29 is 23.6 Å². The maximum Gasteiger partial charge on any atom is 0.411 e. The van der Waals surface area contributed by atoms with Gasteiger partial charge in [0.2, 0.25) is 0 Å². The second kappa shape index (κ2) is 8.76. The zero-order valence-electron chi connectivity index (χ0n) is 18.0. The lowest BCUT2D eigenvalue weighted by Gasteiger charge is -2.38. The summed E-state index contributed by atoms with van der Waals surface area (Å²) in [6.07, 6.45) is -0.683. The van der Waals surface area contributed by atoms with Crippen molar-refractivity contribution in [2.24, 2.45) is 0 Å². The summed E-state index contributed by atoms with van der Waals surface area (Å²) in [5, 5.41) is 9.80. The molecule has 1 amide bonds. The number of carboxylic acids is 1. The molecule has 170 valence electrons. The van der Waals surface area contributed by atoms with Gasteiger partial charge in [-0.05, 0) is 41.3 Å². The van der Waals surface area contributed by atoms with Crippen LogP contribution in [0.2, 0.25) is 0 Å². The molecular formula is C25H23NO5S2. The summed E-state index contributed by atoms with van der Waals surface area (Å²) in [4.78, 5) is 28.5. The van der Waals surface area contributed by atoms with Gasteiger partial charge in [-0.1, -0.05) is 48.5 Å². The van der Waals surface area contributed by atoms with Gasteiger partial charge in [-0.25, -0.2) is 9.59 Å². The van der Waals surface area contributed by atoms with Crippen LogP contribution in [-0.2, 0) is 20.3 Å². The monoisotopic (exact) mass is 481 g/mol. The van der Waals surface area contributed by atoms with Crippen molar-refractivity contribution in [2.75, 3.05) is 18.1 Å². The van der Waals surface area contributed by atoms with Crippen LogP contribution >= 0.6 is 11.3 Å². The molecule has 3 atom stereocenters. The Morgan fingerprint density at radius 3 is 2.24 bits per heavy atom. The van der Waals surface area contributed by atoms with Gasteiger partial charge in [0, 0.05) is 32.2 Å². The minimum atomic E-state index is -1.34. The molecule has 0 spiro atoms. The number of hydrogen-bond donors (Lipinski definition) is 1. The molecule has 0 saturated carbocycles. The first-order chi connectivity index (χ1) is 15.9. The first kappa shape index (κ1) is 21.9. The second-order valence-electron chi connectivity index (χ2n) is 8.30. The van der Waals surface area contributed by atoms with Gasteiger partial charge >= 0.3 is 12.1 Å². The Morgan fingerprint density at radius 2 is 1.67 bits per heavy atom. The average Bonchev–Trinajstić information content (AvgIpc) is 3.38. The fourth-order valence-corrected chi connectivity index (χ4v) is 7.33. The third-order valence-corrected chi connectivity index (χ3v) is 8.76. The summed E-state index contributed by atoms with van der Waals surface area (Å²) < 4.78 is 18.2. The van der Waals surface area contributed by atoms with E-state index in [0.717, 1.165) is 32.0 Å². The van der Waals surface area contributed by atoms with Crippen LogP contribution in [0, 0.1) is 6.92 Å². The number of amides is 1. The Balaban J connectivity index is 1.43. The minimum absolute atomic E-state index is 0.0968. The highest BCUT2D eigenvalue weighted by atomic mass is 32.2. The number of nitrogens with zero attached hydrogens (tertiary/aromatic N) is 1. The lowest BCUT2D eigenvalue weighted by atomic mass is 9.98. The zero-order chi connectivity index (χ0) is 23.1. The summed E-state index contributed by atoms with van der Waals surface area (Å²) in [6, 6.07) is 18.1. The Kier molecular flexibility index (Phi) is 5.80. The molecule has 1 N–H and O–H groups in total. The summed E-state index contributed by atoms with van der Waals surface area (Å²) in [5.74, 6) is -1.19. The predicted molar refractivity (Wildman–Crippen MR) is 128 cm³/mol. The molecule has 1 aromatic heterocycles. The molecule has 2 heterocycles. The number of carbonyl (C=O) groups excluding carboxylic acids is 1. The Labute approximate surface area is 198 Å². The van der Waals surface area contributed by atoms with Crippen LogP contribution in [0.5, 0.6) is 0 Å². The molecule has 2 aromatic carbocycles. The highest BCUT2D eigenvalue weighted by Gasteiger charge is 2.44. The number of hydrogen-bond acceptors (Lipinski definition) is 5. The number of benzene rings is 2. The molecule has 2 aliphatic rings. The second-order valence-corrected chi connectivity index (χ2v) is 11.2. The highest BCUT2D eigenvalue weighted by Crippen LogP contribution is 2.44. The lowest BCUT2D eigenvalue weighted by molar-refractivity contribution is -0.142. The summed E-state index contributed by atoms with van der Waals surface area (Å²) in [7, 11) is -1.34. The van der Waals surface area contributed by atoms with Crippen LogP contribution < -0.4 is 0 Å². The summed E-state index contributed by atoms with van der Waals surface area (Å²) in [5.41, 5.74) is 4.42. The number of fused-ring (bicyclic) bond motifs is 3. The van der Waals surface area contributed by atoms with Gasteiger partial charge in [0.1, 0.15) is 12.6 Å². The van der Waals surface area contributed by atoms with Gasteiger partial charge in [-0.3, -0.25) is 9.11 Å². The molecule has 5 rings (SSSR count). The predicted octanol–water partition coefficient (Wildman–Crippen LogP) is 4.56. The quantitative estimate of drug-likeness (QED) is 0.590. The van der Waals surface area contributed by atoms with E-state index in [0.29, 0.717) is 0 Å². The molecule has 1 aliphatic carbocycles. The SMILES string of the molecule is Cc1ccc(C2CS(=O)CC(C(=O)O)N2C(=O)OCC2c3ccccc3-c3ccccc32)s1. The van der Waals surface area contributed by atoms with E-state index in [1.54, 1.807) is 0 Å². The number of aliphatic carboxylic acids is 1. The van der Waals surface area contributed by atoms with E-state index in [1.165, 1.54) is 16.2 Å². The van der Waals surface area contributed by atoms with Gasteiger partial charge in [0.25, 0.3) is 0 Å². The molecule has 8 heteroatoms. The molecule has 1 saturated heterocycles. The van der Waals surface area contributed by atoms with E-state index in [9.17, 15) is 18.9 Å². The number of carboxylic acid groups (broad SMARTS) is 1. The van der Waals surface area contributed by atoms with E-state index in [4.69, 9.17) is 4.74 Å². The van der Waals surface area contributed by atoms with Gasteiger partial charge < -0.3 is 9.84 Å². The molecule has 3 aromatic rings. The fourth-order valence-electron chi connectivity index (χ4n) is 4.76. The van der Waals surface area contributed by atoms with E-state index >= 15 is 0 Å². The van der Waals surface area contributed by atoms with Gasteiger partial charge in [0.05, 0.1) is 11.8 Å². The maximum atomic E-state index is 13.3. The molecule has 3 unspecified atom stereocenters. The van der Waals surface area contributed by atoms with Crippen molar-refractivity contribution in [3.63, 3.8) is 0 Å². The Bertz CT molecular complexity index is 1210. The van der Waals surface area contributed by atoms with Gasteiger partial charge in [-0.2, -0.15) is 0 Å². The Hall–Kier alpha value is -2.97. The normalized spacial score (nSPS) is 22.0. The standard InChI is InChI=1S/C25H23NO5S2/c1-15-10-11-23(32-15)21-13-33(30)14-22(24(27)28)26(21)25(29)31-12-20-18-8-4-2-6-16(18)17-7-3-5-9-19(17)20/h2-11,20-22H,12-14H2,1H3,(H,27,28). The van der Waals surface area contributed by atoms with E-state index in [-0.39, 0.29) is 24.0 Å². The average molecular weight is 482 g/mol. The first-order valence-corrected chi connectivity index (χ1v) is 13.0. The molecule has 0 radical (unpaired) electrons. The van der Waals surface area contributed by atoms with Gasteiger partial charge in [0.15, 0.2) is 0 Å². The Morgan fingerprint density at radius 1 is 1.03 bits per heavy atom. The number of carbonyl (C=O) groups is 2. The van der Waals surface area contributed by atoms with Crippen LogP contribution in [0.15, 0.2) is 60.7 Å². The molecule has 1 fully saturated rings. The number of ether oxygens (including phenoxy) is 1. The summed E-state index contributed by atoms with van der Waals surface area (Å²) >= 11 is 1.48. The molecule has 0 bridgehead atoms. The molecule has 1 aliphatic heterocycles. The fraction of sp³-hybridized carbons (Fsp3) is 0.280. The van der Waals surface area contributed by atoms with Crippen LogP contribution in [0.25, 0.3) is 11.1 Å². The maximum absolute atomic E-state index is 13.3. The summed E-state index contributed by atoms with van der Waals surface area (Å²) in [6.45, 7) is 2.05. The number of thiophene rings is 1. The van der Waals surface area contributed by atoms with E-state index < -0.39 is 34.9 Å². The van der Waals surface area contributed by atoms with Crippen LogP contribution in [0.4, 0.5) is 4.79 Å². The van der Waals surface area contributed by atoms with Gasteiger partial charge in [-0.15, -0.1) is 11.3 Å². The topological polar surface area (TPSA) is 83.9 Å². The van der Waals surface area contributed by atoms with Crippen LogP contribution in [0.3, 0.4) is 0 Å². The third kappa shape index (κ3) is 3.98. The van der Waals surface area contributed by atoms with Crippen molar-refractivity contribution in [3.05, 3.63) is 81.5 Å². The number of rotatable bonds is 4. The molecule has 33 heavy (non-hydrogen) atoms. The van der Waals surface area contributed by atoms with E-state index in [1.807, 2.05) is 55.5 Å². The largest absolute Gasteiger partial charge is 0.480 e. The van der Waals surface area contributed by atoms with Crippen molar-refractivity contribution in [1.29, 1.82) is 0 Å². The lowest BCUT2D eigenvalue weighted by Crippen LogP contribution is -2.55. The molecule has 6 nitrogen and oxygen atoms in total. The van der Waals surface area contributed by atoms with E-state index in [2.05, 4.69) is 12.1 Å². The van der Waals surface area contributed by atoms with Crippen molar-refractivity contribution >= 4 is 34.2 Å². The van der Waals surface area contributed by atoms with Crippen molar-refractivity contribution in [2.45, 2.75) is 24.9 Å². The van der Waals surface area contributed by atoms with Crippen molar-refractivity contribution in [3.8, 4) is 11.1 Å². The van der Waals surface area contributed by atoms with Crippen LogP contribution in [-0.4, -0.2) is 50.4 Å². The number of aryl methyl sites for hydroxylation is 1. The zero-order valence-corrected chi connectivity index (χ0v) is 19.6. The third-order valence-electron chi connectivity index (χ3n) is 6.28. The molecular weight excluding hydrogens is 458 g/mol. The minimum Gasteiger partial charge on any atom is -0.480 e. The smallest absolute Gasteiger partial charge is 0.411 e. The highest BCUT2D eigenvalue weighted by molar-refractivity contribution is 7.85.